The molecule has 0 heterocycles. The Balaban J connectivity index is 2.01. The summed E-state index contributed by atoms with van der Waals surface area (Å²) in [7, 11) is 2.27. The van der Waals surface area contributed by atoms with Gasteiger partial charge in [0.2, 0.25) is 0 Å². The predicted molar refractivity (Wildman–Crippen MR) is 93.0 cm³/mol. The maximum absolute atomic E-state index is 3.50. The van der Waals surface area contributed by atoms with Crippen molar-refractivity contribution in [3.63, 3.8) is 0 Å². The molecule has 1 saturated carbocycles. The SMILES string of the molecule is CCCNCc1ccc(N(C)C2CCCC(C)C2)cc1C. The summed E-state index contributed by atoms with van der Waals surface area (Å²) in [6.45, 7) is 8.94. The summed E-state index contributed by atoms with van der Waals surface area (Å²) in [5, 5.41) is 3.50. The highest BCUT2D eigenvalue weighted by atomic mass is 15.1. The zero-order valence-electron chi connectivity index (χ0n) is 14.3. The van der Waals surface area contributed by atoms with E-state index in [1.165, 1.54) is 48.9 Å². The van der Waals surface area contributed by atoms with E-state index in [0.717, 1.165) is 25.0 Å². The van der Waals surface area contributed by atoms with Crippen LogP contribution in [0.25, 0.3) is 0 Å². The largest absolute Gasteiger partial charge is 0.372 e. The fourth-order valence-corrected chi connectivity index (χ4v) is 3.46. The summed E-state index contributed by atoms with van der Waals surface area (Å²) in [6.07, 6.45) is 6.67. The van der Waals surface area contributed by atoms with Gasteiger partial charge in [-0.25, -0.2) is 0 Å². The second kappa shape index (κ2) is 7.84. The monoisotopic (exact) mass is 288 g/mol. The lowest BCUT2D eigenvalue weighted by atomic mass is 9.86. The molecule has 0 bridgehead atoms. The first kappa shape index (κ1) is 16.4. The first-order valence-electron chi connectivity index (χ1n) is 8.65. The second-order valence-electron chi connectivity index (χ2n) is 6.82. The second-order valence-corrected chi connectivity index (χ2v) is 6.82. The molecule has 2 heteroatoms. The van der Waals surface area contributed by atoms with Gasteiger partial charge in [0.1, 0.15) is 0 Å². The molecular weight excluding hydrogens is 256 g/mol. The molecule has 0 spiro atoms. The summed E-state index contributed by atoms with van der Waals surface area (Å²) < 4.78 is 0. The Morgan fingerprint density at radius 3 is 2.76 bits per heavy atom. The Bertz CT molecular complexity index is 441. The van der Waals surface area contributed by atoms with E-state index in [1.807, 2.05) is 0 Å². The molecule has 1 fully saturated rings. The number of nitrogens with zero attached hydrogens (tertiary/aromatic N) is 1. The van der Waals surface area contributed by atoms with Crippen LogP contribution in [0.15, 0.2) is 18.2 Å². The van der Waals surface area contributed by atoms with Crippen LogP contribution in [0.1, 0.15) is 57.1 Å². The summed E-state index contributed by atoms with van der Waals surface area (Å²) >= 11 is 0. The van der Waals surface area contributed by atoms with Crippen molar-refractivity contribution in [3.05, 3.63) is 29.3 Å². The molecular formula is C19H32N2. The van der Waals surface area contributed by atoms with Crippen molar-refractivity contribution in [2.45, 2.75) is 65.5 Å². The van der Waals surface area contributed by atoms with E-state index in [2.05, 4.69) is 56.2 Å². The molecule has 2 atom stereocenters. The fraction of sp³-hybridized carbons (Fsp3) is 0.684. The van der Waals surface area contributed by atoms with Crippen molar-refractivity contribution in [1.82, 2.24) is 5.32 Å². The zero-order valence-corrected chi connectivity index (χ0v) is 14.3. The van der Waals surface area contributed by atoms with Crippen molar-refractivity contribution < 1.29 is 0 Å². The number of aryl methyl sites for hydroxylation is 1. The molecule has 0 aromatic heterocycles. The highest BCUT2D eigenvalue weighted by molar-refractivity contribution is 5.51. The van der Waals surface area contributed by atoms with E-state index >= 15 is 0 Å². The highest BCUT2D eigenvalue weighted by Crippen LogP contribution is 2.30. The van der Waals surface area contributed by atoms with Crippen LogP contribution in [-0.4, -0.2) is 19.6 Å². The molecule has 1 aliphatic rings. The van der Waals surface area contributed by atoms with Crippen molar-refractivity contribution in [1.29, 1.82) is 0 Å². The van der Waals surface area contributed by atoms with E-state index in [9.17, 15) is 0 Å². The van der Waals surface area contributed by atoms with Gasteiger partial charge in [0.05, 0.1) is 0 Å². The quantitative estimate of drug-likeness (QED) is 0.775. The van der Waals surface area contributed by atoms with Crippen LogP contribution in [0, 0.1) is 12.8 Å². The van der Waals surface area contributed by atoms with Crippen LogP contribution >= 0.6 is 0 Å². The highest BCUT2D eigenvalue weighted by Gasteiger charge is 2.22. The molecule has 1 aromatic carbocycles. The number of hydrogen-bond donors (Lipinski definition) is 1. The average Bonchev–Trinajstić information content (AvgIpc) is 2.48. The lowest BCUT2D eigenvalue weighted by Gasteiger charge is -2.36. The van der Waals surface area contributed by atoms with E-state index in [-0.39, 0.29) is 0 Å². The average molecular weight is 288 g/mol. The van der Waals surface area contributed by atoms with Gasteiger partial charge < -0.3 is 10.2 Å². The molecule has 2 unspecified atom stereocenters. The van der Waals surface area contributed by atoms with Crippen LogP contribution < -0.4 is 10.2 Å². The van der Waals surface area contributed by atoms with Crippen LogP contribution in [0.2, 0.25) is 0 Å². The van der Waals surface area contributed by atoms with Gasteiger partial charge in [0, 0.05) is 25.3 Å². The van der Waals surface area contributed by atoms with E-state index in [1.54, 1.807) is 0 Å². The Morgan fingerprint density at radius 2 is 2.10 bits per heavy atom. The Morgan fingerprint density at radius 1 is 1.29 bits per heavy atom. The summed E-state index contributed by atoms with van der Waals surface area (Å²) in [4.78, 5) is 2.51. The van der Waals surface area contributed by atoms with Gasteiger partial charge >= 0.3 is 0 Å². The fourth-order valence-electron chi connectivity index (χ4n) is 3.46. The minimum absolute atomic E-state index is 0.720. The van der Waals surface area contributed by atoms with Crippen LogP contribution in [0.5, 0.6) is 0 Å². The molecule has 2 nitrogen and oxygen atoms in total. The van der Waals surface area contributed by atoms with Crippen molar-refractivity contribution in [3.8, 4) is 0 Å². The zero-order chi connectivity index (χ0) is 15.2. The van der Waals surface area contributed by atoms with E-state index < -0.39 is 0 Å². The van der Waals surface area contributed by atoms with E-state index in [0.29, 0.717) is 0 Å². The lowest BCUT2D eigenvalue weighted by molar-refractivity contribution is 0.336. The maximum atomic E-state index is 3.50. The third-order valence-electron chi connectivity index (χ3n) is 4.93. The third-order valence-corrected chi connectivity index (χ3v) is 4.93. The molecule has 21 heavy (non-hydrogen) atoms. The van der Waals surface area contributed by atoms with E-state index in [4.69, 9.17) is 0 Å². The van der Waals surface area contributed by atoms with Gasteiger partial charge in [-0.15, -0.1) is 0 Å². The Labute approximate surface area is 130 Å². The minimum Gasteiger partial charge on any atom is -0.372 e. The standard InChI is InChI=1S/C19H32N2/c1-5-11-20-14-17-9-10-19(13-16(17)3)21(4)18-8-6-7-15(2)12-18/h9-10,13,15,18,20H,5-8,11-12,14H2,1-4H3. The third kappa shape index (κ3) is 4.47. The molecule has 1 N–H and O–H groups in total. The molecule has 1 aromatic rings. The first-order valence-corrected chi connectivity index (χ1v) is 8.65. The topological polar surface area (TPSA) is 15.3 Å². The minimum atomic E-state index is 0.720. The van der Waals surface area contributed by atoms with Gasteiger partial charge in [-0.05, 0) is 61.9 Å². The Hall–Kier alpha value is -1.02. The normalized spacial score (nSPS) is 22.3. The summed E-state index contributed by atoms with van der Waals surface area (Å²) in [6, 6.07) is 7.69. The van der Waals surface area contributed by atoms with Gasteiger partial charge in [-0.1, -0.05) is 32.8 Å². The number of nitrogens with one attached hydrogen (secondary N) is 1. The van der Waals surface area contributed by atoms with Crippen LogP contribution in [-0.2, 0) is 6.54 Å². The van der Waals surface area contributed by atoms with Crippen molar-refractivity contribution >= 4 is 5.69 Å². The summed E-state index contributed by atoms with van der Waals surface area (Å²) in [5.74, 6) is 0.879. The maximum Gasteiger partial charge on any atom is 0.0368 e. The predicted octanol–water partition coefficient (Wildman–Crippen LogP) is 4.51. The summed E-state index contributed by atoms with van der Waals surface area (Å²) in [5.41, 5.74) is 4.22. The van der Waals surface area contributed by atoms with Gasteiger partial charge in [-0.2, -0.15) is 0 Å². The molecule has 2 rings (SSSR count). The number of rotatable bonds is 6. The number of hydrogen-bond acceptors (Lipinski definition) is 2. The van der Waals surface area contributed by atoms with Crippen molar-refractivity contribution in [2.75, 3.05) is 18.5 Å². The molecule has 118 valence electrons. The lowest BCUT2D eigenvalue weighted by Crippen LogP contribution is -2.35. The number of benzene rings is 1. The molecule has 0 saturated heterocycles. The van der Waals surface area contributed by atoms with Crippen molar-refractivity contribution in [2.24, 2.45) is 5.92 Å². The van der Waals surface area contributed by atoms with Crippen LogP contribution in [0.4, 0.5) is 5.69 Å². The molecule has 0 aliphatic heterocycles. The Kier molecular flexibility index (Phi) is 6.10. The van der Waals surface area contributed by atoms with Gasteiger partial charge in [-0.3, -0.25) is 0 Å². The molecule has 0 radical (unpaired) electrons. The number of anilines is 1. The van der Waals surface area contributed by atoms with Gasteiger partial charge in [0.15, 0.2) is 0 Å². The van der Waals surface area contributed by atoms with Gasteiger partial charge in [0.25, 0.3) is 0 Å². The van der Waals surface area contributed by atoms with Crippen LogP contribution in [0.3, 0.4) is 0 Å². The molecule has 1 aliphatic carbocycles. The first-order chi connectivity index (χ1) is 10.1. The molecule has 0 amide bonds. The smallest absolute Gasteiger partial charge is 0.0368 e.